The maximum Gasteiger partial charge on any atom is 0.338 e. The van der Waals surface area contributed by atoms with E-state index in [0.717, 1.165) is 19.3 Å². The summed E-state index contributed by atoms with van der Waals surface area (Å²) in [5.41, 5.74) is 1.46. The molecule has 1 N–H and O–H groups in total. The zero-order valence-electron chi connectivity index (χ0n) is 19.2. The molecular weight excluding hydrogens is 456 g/mol. The Kier molecular flexibility index (Phi) is 7.29. The average molecular weight is 485 g/mol. The lowest BCUT2D eigenvalue weighted by molar-refractivity contribution is -0.105. The minimum atomic E-state index is -0.605. The summed E-state index contributed by atoms with van der Waals surface area (Å²) in [6.07, 6.45) is 0.471. The van der Waals surface area contributed by atoms with Crippen molar-refractivity contribution in [3.8, 4) is 5.75 Å². The number of hydrogen-bond acceptors (Lipinski definition) is 9. The molecule has 2 aromatic carbocycles. The van der Waals surface area contributed by atoms with Crippen LogP contribution in [-0.4, -0.2) is 67.6 Å². The zero-order valence-corrected chi connectivity index (χ0v) is 19.2. The first-order valence-corrected chi connectivity index (χ1v) is 11.8. The number of carbonyl (C=O) groups is 2. The highest BCUT2D eigenvalue weighted by Crippen LogP contribution is 2.31. The van der Waals surface area contributed by atoms with E-state index in [0.29, 0.717) is 29.0 Å². The first-order chi connectivity index (χ1) is 17.1. The van der Waals surface area contributed by atoms with Crippen LogP contribution in [0.15, 0.2) is 48.5 Å². The topological polar surface area (TPSA) is 110 Å². The SMILES string of the molecule is O=C(O[C@@H]1CO[C@H]2[C@@H]1OC[C@H]2OC(=O)c1ccc(OC2CCCCO2)cc1)c1ccc(CO)cc1. The van der Waals surface area contributed by atoms with Crippen molar-refractivity contribution < 1.29 is 43.1 Å². The van der Waals surface area contributed by atoms with Crippen molar-refractivity contribution in [2.45, 2.75) is 56.6 Å². The third-order valence-corrected chi connectivity index (χ3v) is 6.35. The number of carbonyl (C=O) groups excluding carboxylic acids is 2. The van der Waals surface area contributed by atoms with Gasteiger partial charge in [0.2, 0.25) is 0 Å². The lowest BCUT2D eigenvalue weighted by Crippen LogP contribution is -2.36. The first-order valence-electron chi connectivity index (χ1n) is 11.8. The molecule has 3 aliphatic heterocycles. The van der Waals surface area contributed by atoms with Crippen LogP contribution in [0.4, 0.5) is 0 Å². The second-order valence-electron chi connectivity index (χ2n) is 8.78. The van der Waals surface area contributed by atoms with Crippen LogP contribution in [0.5, 0.6) is 5.75 Å². The molecule has 0 spiro atoms. The number of hydrogen-bond donors (Lipinski definition) is 1. The van der Waals surface area contributed by atoms with E-state index in [2.05, 4.69) is 0 Å². The Morgan fingerprint density at radius 2 is 1.37 bits per heavy atom. The van der Waals surface area contributed by atoms with Crippen molar-refractivity contribution in [1.29, 1.82) is 0 Å². The molecule has 3 saturated heterocycles. The Balaban J connectivity index is 1.13. The minimum Gasteiger partial charge on any atom is -0.465 e. The molecule has 5 atom stereocenters. The fourth-order valence-electron chi connectivity index (χ4n) is 4.41. The maximum atomic E-state index is 12.7. The van der Waals surface area contributed by atoms with Gasteiger partial charge in [0.15, 0.2) is 18.5 Å². The van der Waals surface area contributed by atoms with Gasteiger partial charge in [-0.15, -0.1) is 0 Å². The van der Waals surface area contributed by atoms with Crippen LogP contribution in [0.3, 0.4) is 0 Å². The van der Waals surface area contributed by atoms with Crippen LogP contribution in [0.2, 0.25) is 0 Å². The van der Waals surface area contributed by atoms with Gasteiger partial charge in [0.25, 0.3) is 0 Å². The Labute approximate surface area is 202 Å². The van der Waals surface area contributed by atoms with Crippen LogP contribution in [0.1, 0.15) is 45.5 Å². The summed E-state index contributed by atoms with van der Waals surface area (Å²) in [7, 11) is 0. The molecule has 0 aromatic heterocycles. The average Bonchev–Trinajstić information content (AvgIpc) is 3.48. The molecule has 9 heteroatoms. The van der Waals surface area contributed by atoms with Gasteiger partial charge in [0, 0.05) is 6.42 Å². The van der Waals surface area contributed by atoms with E-state index in [1.807, 2.05) is 0 Å². The summed E-state index contributed by atoms with van der Waals surface area (Å²) in [5.74, 6) is -0.367. The molecule has 0 amide bonds. The lowest BCUT2D eigenvalue weighted by Gasteiger charge is -2.23. The van der Waals surface area contributed by atoms with Gasteiger partial charge < -0.3 is 33.5 Å². The highest BCUT2D eigenvalue weighted by atomic mass is 16.7. The molecule has 1 unspecified atom stereocenters. The van der Waals surface area contributed by atoms with Crippen molar-refractivity contribution >= 4 is 11.9 Å². The van der Waals surface area contributed by atoms with Crippen LogP contribution in [0.25, 0.3) is 0 Å². The lowest BCUT2D eigenvalue weighted by atomic mass is 10.1. The number of fused-ring (bicyclic) bond motifs is 1. The Morgan fingerprint density at radius 3 is 1.89 bits per heavy atom. The summed E-state index contributed by atoms with van der Waals surface area (Å²) < 4.78 is 34.1. The van der Waals surface area contributed by atoms with E-state index in [1.165, 1.54) is 0 Å². The van der Waals surface area contributed by atoms with Gasteiger partial charge in [-0.1, -0.05) is 12.1 Å². The largest absolute Gasteiger partial charge is 0.465 e. The fourth-order valence-corrected chi connectivity index (χ4v) is 4.41. The number of esters is 2. The number of benzene rings is 2. The third-order valence-electron chi connectivity index (χ3n) is 6.35. The molecule has 3 heterocycles. The molecule has 0 aliphatic carbocycles. The monoisotopic (exact) mass is 484 g/mol. The number of ether oxygens (including phenoxy) is 6. The number of aliphatic hydroxyl groups excluding tert-OH is 1. The molecule has 5 rings (SSSR count). The van der Waals surface area contributed by atoms with E-state index >= 15 is 0 Å². The fraction of sp³-hybridized carbons (Fsp3) is 0.462. The van der Waals surface area contributed by atoms with Gasteiger partial charge >= 0.3 is 11.9 Å². The van der Waals surface area contributed by atoms with Crippen molar-refractivity contribution in [2.75, 3.05) is 19.8 Å². The summed E-state index contributed by atoms with van der Waals surface area (Å²) in [5, 5.41) is 9.14. The molecule has 0 bridgehead atoms. The highest BCUT2D eigenvalue weighted by molar-refractivity contribution is 5.90. The number of aliphatic hydroxyl groups is 1. The van der Waals surface area contributed by atoms with Gasteiger partial charge in [-0.3, -0.25) is 0 Å². The van der Waals surface area contributed by atoms with Crippen molar-refractivity contribution in [1.82, 2.24) is 0 Å². The summed E-state index contributed by atoms with van der Waals surface area (Å²) in [4.78, 5) is 25.2. The predicted molar refractivity (Wildman–Crippen MR) is 121 cm³/mol. The third kappa shape index (κ3) is 5.48. The van der Waals surface area contributed by atoms with Crippen LogP contribution < -0.4 is 4.74 Å². The summed E-state index contributed by atoms with van der Waals surface area (Å²) in [6.45, 7) is 0.900. The molecular formula is C26H28O9. The molecule has 3 fully saturated rings. The van der Waals surface area contributed by atoms with Gasteiger partial charge in [-0.25, -0.2) is 9.59 Å². The summed E-state index contributed by atoms with van der Waals surface area (Å²) in [6, 6.07) is 13.3. The second-order valence-corrected chi connectivity index (χ2v) is 8.78. The van der Waals surface area contributed by atoms with E-state index in [-0.39, 0.29) is 26.1 Å². The van der Waals surface area contributed by atoms with Gasteiger partial charge in [-0.05, 0) is 54.8 Å². The number of rotatable bonds is 7. The first kappa shape index (κ1) is 23.7. The van der Waals surface area contributed by atoms with Crippen molar-refractivity contribution in [3.05, 3.63) is 65.2 Å². The van der Waals surface area contributed by atoms with E-state index < -0.39 is 36.4 Å². The minimum absolute atomic E-state index is 0.100. The molecule has 9 nitrogen and oxygen atoms in total. The zero-order chi connectivity index (χ0) is 24.2. The predicted octanol–water partition coefficient (Wildman–Crippen LogP) is 2.63. The summed E-state index contributed by atoms with van der Waals surface area (Å²) >= 11 is 0. The Morgan fingerprint density at radius 1 is 0.800 bits per heavy atom. The molecule has 35 heavy (non-hydrogen) atoms. The van der Waals surface area contributed by atoms with E-state index in [1.54, 1.807) is 48.5 Å². The second kappa shape index (κ2) is 10.7. The van der Waals surface area contributed by atoms with Gasteiger partial charge in [0.05, 0.1) is 37.6 Å². The molecule has 2 aromatic rings. The van der Waals surface area contributed by atoms with Crippen LogP contribution in [0, 0.1) is 0 Å². The van der Waals surface area contributed by atoms with Gasteiger partial charge in [-0.2, -0.15) is 0 Å². The normalized spacial score (nSPS) is 27.7. The van der Waals surface area contributed by atoms with Crippen molar-refractivity contribution in [3.63, 3.8) is 0 Å². The quantitative estimate of drug-likeness (QED) is 0.593. The maximum absolute atomic E-state index is 12.7. The van der Waals surface area contributed by atoms with Crippen molar-refractivity contribution in [2.24, 2.45) is 0 Å². The van der Waals surface area contributed by atoms with Gasteiger partial charge in [0.1, 0.15) is 18.0 Å². The smallest absolute Gasteiger partial charge is 0.338 e. The van der Waals surface area contributed by atoms with Crippen LogP contribution >= 0.6 is 0 Å². The molecule has 186 valence electrons. The highest BCUT2D eigenvalue weighted by Gasteiger charge is 2.51. The Bertz CT molecular complexity index is 1010. The molecule has 3 aliphatic rings. The molecule has 0 saturated carbocycles. The van der Waals surface area contributed by atoms with E-state index in [4.69, 9.17) is 33.5 Å². The van der Waals surface area contributed by atoms with Crippen LogP contribution in [-0.2, 0) is 30.3 Å². The van der Waals surface area contributed by atoms with E-state index in [9.17, 15) is 9.59 Å². The standard InChI is InChI=1S/C26H28O9/c27-13-16-4-6-17(7-5-16)25(28)34-20-14-31-24-21(15-32-23(20)24)35-26(29)18-8-10-19(11-9-18)33-22-3-1-2-12-30-22/h4-11,20-24,27H,1-3,12-15H2/t20-,21-,22?,23-,24-/m1/s1. The Hall–Kier alpha value is -2.98. The molecule has 0 radical (unpaired) electrons.